The molecule has 1 saturated carbocycles. The van der Waals surface area contributed by atoms with E-state index in [0.717, 1.165) is 22.4 Å². The number of rotatable bonds is 5. The Balaban J connectivity index is 2.00. The Morgan fingerprint density at radius 2 is 2.22 bits per heavy atom. The van der Waals surface area contributed by atoms with Gasteiger partial charge in [0.05, 0.1) is 6.61 Å². The number of thioether (sulfide) groups is 1. The minimum Gasteiger partial charge on any atom is -0.494 e. The van der Waals surface area contributed by atoms with Crippen LogP contribution in [0, 0.1) is 0 Å². The van der Waals surface area contributed by atoms with Crippen LogP contribution in [-0.4, -0.2) is 24.2 Å². The second-order valence-corrected chi connectivity index (χ2v) is 5.87. The van der Waals surface area contributed by atoms with Crippen LogP contribution in [0.2, 0.25) is 0 Å². The maximum atomic E-state index is 5.89. The fourth-order valence-electron chi connectivity index (χ4n) is 2.48. The van der Waals surface area contributed by atoms with Gasteiger partial charge in [0.15, 0.2) is 0 Å². The highest BCUT2D eigenvalue weighted by molar-refractivity contribution is 7.99. The molecule has 0 aromatic heterocycles. The molecule has 4 heteroatoms. The van der Waals surface area contributed by atoms with Crippen LogP contribution in [0.1, 0.15) is 26.2 Å². The Labute approximate surface area is 113 Å². The highest BCUT2D eigenvalue weighted by atomic mass is 32.2. The lowest BCUT2D eigenvalue weighted by atomic mass is 10.2. The predicted octanol–water partition coefficient (Wildman–Crippen LogP) is 3.36. The molecular formula is C14H22N2OS. The standard InChI is InChI=1S/C14H22N2OS/c1-3-17-13-7-10(15)6-12(8-13)16-11-4-5-14(9-11)18-2/h6-8,11,14,16H,3-5,9,15H2,1-2H3. The summed E-state index contributed by atoms with van der Waals surface area (Å²) in [5.41, 5.74) is 7.72. The molecule has 2 unspecified atom stereocenters. The summed E-state index contributed by atoms with van der Waals surface area (Å²) in [5, 5.41) is 4.37. The Morgan fingerprint density at radius 3 is 2.89 bits per heavy atom. The number of anilines is 2. The minimum absolute atomic E-state index is 0.568. The maximum absolute atomic E-state index is 5.89. The number of ether oxygens (including phenoxy) is 1. The second kappa shape index (κ2) is 6.23. The van der Waals surface area contributed by atoms with Gasteiger partial charge in [-0.2, -0.15) is 11.8 Å². The molecule has 2 rings (SSSR count). The third-order valence-electron chi connectivity index (χ3n) is 3.33. The van der Waals surface area contributed by atoms with Gasteiger partial charge in [-0.05, 0) is 38.5 Å². The van der Waals surface area contributed by atoms with Crippen molar-refractivity contribution in [1.82, 2.24) is 0 Å². The van der Waals surface area contributed by atoms with Gasteiger partial charge in [-0.1, -0.05) is 0 Å². The zero-order valence-electron chi connectivity index (χ0n) is 11.1. The van der Waals surface area contributed by atoms with Crippen molar-refractivity contribution in [3.63, 3.8) is 0 Å². The van der Waals surface area contributed by atoms with Crippen LogP contribution in [0.15, 0.2) is 18.2 Å². The monoisotopic (exact) mass is 266 g/mol. The number of nitrogens with one attached hydrogen (secondary N) is 1. The molecule has 3 N–H and O–H groups in total. The average molecular weight is 266 g/mol. The molecule has 0 saturated heterocycles. The van der Waals surface area contributed by atoms with Crippen molar-refractivity contribution in [1.29, 1.82) is 0 Å². The fraction of sp³-hybridized carbons (Fsp3) is 0.571. The summed E-state index contributed by atoms with van der Waals surface area (Å²) in [6.07, 6.45) is 5.98. The molecule has 1 aromatic rings. The molecule has 0 aliphatic heterocycles. The lowest BCUT2D eigenvalue weighted by Gasteiger charge is -2.16. The largest absolute Gasteiger partial charge is 0.494 e. The molecule has 1 aromatic carbocycles. The Hall–Kier alpha value is -1.03. The van der Waals surface area contributed by atoms with Crippen molar-refractivity contribution in [3.8, 4) is 5.75 Å². The van der Waals surface area contributed by atoms with Crippen LogP contribution < -0.4 is 15.8 Å². The Bertz CT molecular complexity index is 397. The van der Waals surface area contributed by atoms with E-state index in [4.69, 9.17) is 10.5 Å². The zero-order valence-corrected chi connectivity index (χ0v) is 11.9. The van der Waals surface area contributed by atoms with E-state index in [-0.39, 0.29) is 0 Å². The fourth-order valence-corrected chi connectivity index (χ4v) is 3.27. The molecule has 0 radical (unpaired) electrons. The van der Waals surface area contributed by atoms with Gasteiger partial charge < -0.3 is 15.8 Å². The lowest BCUT2D eigenvalue weighted by Crippen LogP contribution is -2.16. The number of nitrogen functional groups attached to an aromatic ring is 1. The summed E-state index contributed by atoms with van der Waals surface area (Å²) in [6, 6.07) is 6.45. The summed E-state index contributed by atoms with van der Waals surface area (Å²) in [6.45, 7) is 2.65. The van der Waals surface area contributed by atoms with Crippen LogP contribution in [0.25, 0.3) is 0 Å². The van der Waals surface area contributed by atoms with E-state index in [9.17, 15) is 0 Å². The molecule has 0 amide bonds. The Morgan fingerprint density at radius 1 is 1.39 bits per heavy atom. The second-order valence-electron chi connectivity index (χ2n) is 4.74. The van der Waals surface area contributed by atoms with Crippen LogP contribution in [0.5, 0.6) is 5.75 Å². The zero-order chi connectivity index (χ0) is 13.0. The number of benzene rings is 1. The molecule has 1 aliphatic carbocycles. The molecule has 1 aliphatic rings. The minimum atomic E-state index is 0.568. The summed E-state index contributed by atoms with van der Waals surface area (Å²) in [4.78, 5) is 0. The molecule has 0 bridgehead atoms. The van der Waals surface area contributed by atoms with Crippen molar-refractivity contribution < 1.29 is 4.74 Å². The molecule has 0 spiro atoms. The van der Waals surface area contributed by atoms with Crippen molar-refractivity contribution in [2.45, 2.75) is 37.5 Å². The third-order valence-corrected chi connectivity index (χ3v) is 4.42. The van der Waals surface area contributed by atoms with E-state index in [0.29, 0.717) is 12.6 Å². The van der Waals surface area contributed by atoms with Gasteiger partial charge in [-0.25, -0.2) is 0 Å². The average Bonchev–Trinajstić information content (AvgIpc) is 2.76. The number of hydrogen-bond donors (Lipinski definition) is 2. The van der Waals surface area contributed by atoms with E-state index >= 15 is 0 Å². The van der Waals surface area contributed by atoms with Gasteiger partial charge >= 0.3 is 0 Å². The van der Waals surface area contributed by atoms with Crippen LogP contribution >= 0.6 is 11.8 Å². The molecular weight excluding hydrogens is 244 g/mol. The maximum Gasteiger partial charge on any atom is 0.123 e. The van der Waals surface area contributed by atoms with Crippen molar-refractivity contribution >= 4 is 23.1 Å². The first-order valence-electron chi connectivity index (χ1n) is 6.54. The number of hydrogen-bond acceptors (Lipinski definition) is 4. The van der Waals surface area contributed by atoms with Crippen LogP contribution in [0.3, 0.4) is 0 Å². The van der Waals surface area contributed by atoms with Gasteiger partial charge in [0.1, 0.15) is 5.75 Å². The van der Waals surface area contributed by atoms with Crippen molar-refractivity contribution in [3.05, 3.63) is 18.2 Å². The molecule has 100 valence electrons. The summed E-state index contributed by atoms with van der Waals surface area (Å²) >= 11 is 1.97. The van der Waals surface area contributed by atoms with Crippen molar-refractivity contribution in [2.75, 3.05) is 23.9 Å². The normalized spacial score (nSPS) is 23.0. The van der Waals surface area contributed by atoms with E-state index in [1.165, 1.54) is 19.3 Å². The lowest BCUT2D eigenvalue weighted by molar-refractivity contribution is 0.340. The quantitative estimate of drug-likeness (QED) is 0.802. The Kier molecular flexibility index (Phi) is 4.64. The van der Waals surface area contributed by atoms with E-state index in [1.807, 2.05) is 36.9 Å². The van der Waals surface area contributed by atoms with Crippen LogP contribution in [0.4, 0.5) is 11.4 Å². The van der Waals surface area contributed by atoms with E-state index < -0.39 is 0 Å². The topological polar surface area (TPSA) is 47.3 Å². The van der Waals surface area contributed by atoms with Crippen LogP contribution in [-0.2, 0) is 0 Å². The van der Waals surface area contributed by atoms with E-state index in [2.05, 4.69) is 11.6 Å². The summed E-state index contributed by atoms with van der Waals surface area (Å²) in [5.74, 6) is 0.847. The first kappa shape index (κ1) is 13.4. The molecule has 1 fully saturated rings. The van der Waals surface area contributed by atoms with Crippen molar-refractivity contribution in [2.24, 2.45) is 0 Å². The summed E-state index contributed by atoms with van der Waals surface area (Å²) < 4.78 is 5.51. The molecule has 0 heterocycles. The highest BCUT2D eigenvalue weighted by Gasteiger charge is 2.23. The number of nitrogens with two attached hydrogens (primary N) is 1. The smallest absolute Gasteiger partial charge is 0.123 e. The first-order chi connectivity index (χ1) is 8.71. The van der Waals surface area contributed by atoms with Gasteiger partial charge in [-0.15, -0.1) is 0 Å². The van der Waals surface area contributed by atoms with Gasteiger partial charge in [0.25, 0.3) is 0 Å². The molecule has 2 atom stereocenters. The SMILES string of the molecule is CCOc1cc(N)cc(NC2CCC(SC)C2)c1. The van der Waals surface area contributed by atoms with Gasteiger partial charge in [0, 0.05) is 34.8 Å². The molecule has 3 nitrogen and oxygen atoms in total. The molecule has 18 heavy (non-hydrogen) atoms. The van der Waals surface area contributed by atoms with Gasteiger partial charge in [0.2, 0.25) is 0 Å². The third kappa shape index (κ3) is 3.48. The van der Waals surface area contributed by atoms with Gasteiger partial charge in [-0.3, -0.25) is 0 Å². The van der Waals surface area contributed by atoms with E-state index in [1.54, 1.807) is 0 Å². The predicted molar refractivity (Wildman–Crippen MR) is 80.6 cm³/mol. The highest BCUT2D eigenvalue weighted by Crippen LogP contribution is 2.31. The first-order valence-corrected chi connectivity index (χ1v) is 7.82. The summed E-state index contributed by atoms with van der Waals surface area (Å²) in [7, 11) is 0.